The van der Waals surface area contributed by atoms with Crippen LogP contribution in [-0.2, 0) is 20.9 Å². The van der Waals surface area contributed by atoms with E-state index in [1.807, 2.05) is 38.1 Å². The zero-order valence-corrected chi connectivity index (χ0v) is 19.5. The maximum Gasteiger partial charge on any atom is 0.257 e. The summed E-state index contributed by atoms with van der Waals surface area (Å²) in [5.74, 6) is -0.00750. The third-order valence-corrected chi connectivity index (χ3v) is 6.62. The van der Waals surface area contributed by atoms with Gasteiger partial charge in [0.15, 0.2) is 0 Å². The first-order chi connectivity index (χ1) is 16.0. The fourth-order valence-electron chi connectivity index (χ4n) is 4.80. The van der Waals surface area contributed by atoms with Crippen molar-refractivity contribution in [2.75, 3.05) is 11.5 Å². The Morgan fingerprint density at radius 2 is 1.67 bits per heavy atom. The van der Waals surface area contributed by atoms with E-state index >= 15 is 0 Å². The summed E-state index contributed by atoms with van der Waals surface area (Å²) in [6, 6.07) is 14.2. The van der Waals surface area contributed by atoms with E-state index in [-0.39, 0.29) is 30.1 Å². The van der Waals surface area contributed by atoms with Gasteiger partial charge in [0.05, 0.1) is 18.7 Å². The van der Waals surface area contributed by atoms with Crippen molar-refractivity contribution in [3.05, 3.63) is 59.7 Å². The van der Waals surface area contributed by atoms with Crippen LogP contribution in [0.25, 0.3) is 0 Å². The highest BCUT2D eigenvalue weighted by atomic mass is 16.5. The maximum atomic E-state index is 13.6. The van der Waals surface area contributed by atoms with Gasteiger partial charge in [0, 0.05) is 12.5 Å². The van der Waals surface area contributed by atoms with Gasteiger partial charge in [-0.15, -0.1) is 0 Å². The molecule has 3 amide bonds. The van der Waals surface area contributed by atoms with Crippen LogP contribution in [0.5, 0.6) is 5.75 Å². The molecule has 2 aromatic carbocycles. The number of hydrogen-bond acceptors (Lipinski definition) is 4. The standard InChI is InChI=1S/C27H32N2O4/c1-3-33-23-15-13-22(14-16-23)29-25(30)17-24(27(29)32)28(18-20-11-9-19(2)10-12-20)26(31)21-7-5-4-6-8-21/h9-16,21,24H,3-8,17-18H2,1-2H3. The Morgan fingerprint density at radius 3 is 2.30 bits per heavy atom. The number of carbonyl (C=O) groups is 3. The van der Waals surface area contributed by atoms with Crippen molar-refractivity contribution in [3.8, 4) is 5.75 Å². The topological polar surface area (TPSA) is 66.9 Å². The van der Waals surface area contributed by atoms with Crippen LogP contribution in [-0.4, -0.2) is 35.3 Å². The highest BCUT2D eigenvalue weighted by Crippen LogP contribution is 2.32. The molecule has 1 aliphatic heterocycles. The first-order valence-electron chi connectivity index (χ1n) is 11.9. The van der Waals surface area contributed by atoms with E-state index in [9.17, 15) is 14.4 Å². The van der Waals surface area contributed by atoms with Gasteiger partial charge >= 0.3 is 0 Å². The van der Waals surface area contributed by atoms with Gasteiger partial charge in [-0.25, -0.2) is 4.90 Å². The van der Waals surface area contributed by atoms with Crippen molar-refractivity contribution >= 4 is 23.4 Å². The van der Waals surface area contributed by atoms with Gasteiger partial charge in [-0.3, -0.25) is 14.4 Å². The summed E-state index contributed by atoms with van der Waals surface area (Å²) in [7, 11) is 0. The number of benzene rings is 2. The summed E-state index contributed by atoms with van der Waals surface area (Å²) in [5, 5.41) is 0. The van der Waals surface area contributed by atoms with Crippen molar-refractivity contribution in [3.63, 3.8) is 0 Å². The van der Waals surface area contributed by atoms with Crippen LogP contribution in [0.3, 0.4) is 0 Å². The van der Waals surface area contributed by atoms with Crippen molar-refractivity contribution in [1.82, 2.24) is 4.90 Å². The largest absolute Gasteiger partial charge is 0.494 e. The van der Waals surface area contributed by atoms with Crippen molar-refractivity contribution < 1.29 is 19.1 Å². The van der Waals surface area contributed by atoms with Crippen LogP contribution in [0.4, 0.5) is 5.69 Å². The zero-order chi connectivity index (χ0) is 23.4. The highest BCUT2D eigenvalue weighted by molar-refractivity contribution is 6.23. The molecular formula is C27H32N2O4. The van der Waals surface area contributed by atoms with E-state index in [0.717, 1.165) is 43.2 Å². The number of carbonyl (C=O) groups excluding carboxylic acids is 3. The SMILES string of the molecule is CCOc1ccc(N2C(=O)CC(N(Cc3ccc(C)cc3)C(=O)C3CCCCC3)C2=O)cc1. The number of ether oxygens (including phenoxy) is 1. The lowest BCUT2D eigenvalue weighted by atomic mass is 9.87. The molecule has 2 aliphatic rings. The number of anilines is 1. The van der Waals surface area contributed by atoms with Crippen LogP contribution < -0.4 is 9.64 Å². The molecule has 1 saturated carbocycles. The molecule has 1 aliphatic carbocycles. The van der Waals surface area contributed by atoms with Crippen molar-refractivity contribution in [1.29, 1.82) is 0 Å². The Labute approximate surface area is 195 Å². The molecule has 0 radical (unpaired) electrons. The molecule has 1 saturated heterocycles. The summed E-state index contributed by atoms with van der Waals surface area (Å²) in [6.07, 6.45) is 4.92. The predicted molar refractivity (Wildman–Crippen MR) is 127 cm³/mol. The number of nitrogens with zero attached hydrogens (tertiary/aromatic N) is 2. The van der Waals surface area contributed by atoms with Crippen LogP contribution in [0, 0.1) is 12.8 Å². The minimum Gasteiger partial charge on any atom is -0.494 e. The Morgan fingerprint density at radius 1 is 1.00 bits per heavy atom. The number of amides is 3. The lowest BCUT2D eigenvalue weighted by Crippen LogP contribution is -2.47. The van der Waals surface area contributed by atoms with Gasteiger partial charge in [-0.2, -0.15) is 0 Å². The molecule has 2 fully saturated rings. The molecule has 6 heteroatoms. The van der Waals surface area contributed by atoms with Crippen LogP contribution in [0.15, 0.2) is 48.5 Å². The summed E-state index contributed by atoms with van der Waals surface area (Å²) in [6.45, 7) is 4.79. The average molecular weight is 449 g/mol. The van der Waals surface area contributed by atoms with Gasteiger partial charge in [0.2, 0.25) is 11.8 Å². The first kappa shape index (κ1) is 23.0. The van der Waals surface area contributed by atoms with Crippen LogP contribution >= 0.6 is 0 Å². The molecule has 1 unspecified atom stereocenters. The average Bonchev–Trinajstić information content (AvgIpc) is 3.13. The molecule has 0 N–H and O–H groups in total. The van der Waals surface area contributed by atoms with Crippen molar-refractivity contribution in [2.45, 2.75) is 65.0 Å². The second-order valence-electron chi connectivity index (χ2n) is 9.00. The normalized spacial score (nSPS) is 19.1. The lowest BCUT2D eigenvalue weighted by Gasteiger charge is -2.32. The Kier molecular flexibility index (Phi) is 7.11. The first-order valence-corrected chi connectivity index (χ1v) is 11.9. The molecular weight excluding hydrogens is 416 g/mol. The fraction of sp³-hybridized carbons (Fsp3) is 0.444. The molecule has 1 heterocycles. The molecule has 33 heavy (non-hydrogen) atoms. The van der Waals surface area contributed by atoms with E-state index in [1.54, 1.807) is 29.2 Å². The van der Waals surface area contributed by atoms with Gasteiger partial charge < -0.3 is 9.64 Å². The Hall–Kier alpha value is -3.15. The summed E-state index contributed by atoms with van der Waals surface area (Å²) in [5.41, 5.74) is 2.61. The minimum atomic E-state index is -0.778. The van der Waals surface area contributed by atoms with E-state index in [2.05, 4.69) is 0 Å². The Bertz CT molecular complexity index is 994. The summed E-state index contributed by atoms with van der Waals surface area (Å²) < 4.78 is 5.47. The zero-order valence-electron chi connectivity index (χ0n) is 19.5. The molecule has 1 atom stereocenters. The molecule has 0 spiro atoms. The molecule has 4 rings (SSSR count). The number of aryl methyl sites for hydroxylation is 1. The van der Waals surface area contributed by atoms with E-state index in [4.69, 9.17) is 4.74 Å². The van der Waals surface area contributed by atoms with Crippen molar-refractivity contribution in [2.24, 2.45) is 5.92 Å². The molecule has 6 nitrogen and oxygen atoms in total. The fourth-order valence-corrected chi connectivity index (χ4v) is 4.80. The van der Waals surface area contributed by atoms with Crippen LogP contribution in [0.1, 0.15) is 56.6 Å². The molecule has 174 valence electrons. The highest BCUT2D eigenvalue weighted by Gasteiger charge is 2.45. The van der Waals surface area contributed by atoms with Gasteiger partial charge in [-0.05, 0) is 56.5 Å². The second-order valence-corrected chi connectivity index (χ2v) is 9.00. The van der Waals surface area contributed by atoms with Gasteiger partial charge in [-0.1, -0.05) is 49.1 Å². The summed E-state index contributed by atoms with van der Waals surface area (Å²) in [4.78, 5) is 42.9. The smallest absolute Gasteiger partial charge is 0.257 e. The second kappa shape index (κ2) is 10.2. The minimum absolute atomic E-state index is 0.00466. The van der Waals surface area contributed by atoms with Crippen LogP contribution in [0.2, 0.25) is 0 Å². The predicted octanol–water partition coefficient (Wildman–Crippen LogP) is 4.63. The third-order valence-electron chi connectivity index (χ3n) is 6.62. The third kappa shape index (κ3) is 5.10. The molecule has 0 bridgehead atoms. The number of imide groups is 1. The Balaban J connectivity index is 1.60. The number of rotatable bonds is 7. The van der Waals surface area contributed by atoms with E-state index in [0.29, 0.717) is 24.6 Å². The van der Waals surface area contributed by atoms with Gasteiger partial charge in [0.1, 0.15) is 11.8 Å². The maximum absolute atomic E-state index is 13.6. The number of hydrogen-bond donors (Lipinski definition) is 0. The molecule has 2 aromatic rings. The summed E-state index contributed by atoms with van der Waals surface area (Å²) >= 11 is 0. The monoisotopic (exact) mass is 448 g/mol. The van der Waals surface area contributed by atoms with Gasteiger partial charge in [0.25, 0.3) is 5.91 Å². The van der Waals surface area contributed by atoms with E-state index in [1.165, 1.54) is 4.90 Å². The van der Waals surface area contributed by atoms with E-state index < -0.39 is 6.04 Å². The quantitative estimate of drug-likeness (QED) is 0.579. The molecule has 0 aromatic heterocycles. The lowest BCUT2D eigenvalue weighted by molar-refractivity contribution is -0.143.